The van der Waals surface area contributed by atoms with Crippen LogP contribution < -0.4 is 0 Å². The largest absolute Gasteiger partial charge is 0.468 e. The maximum absolute atomic E-state index is 11.5. The monoisotopic (exact) mass is 326 g/mol. The lowest BCUT2D eigenvalue weighted by molar-refractivity contribution is -0.158. The Bertz CT molecular complexity index is 466. The lowest BCUT2D eigenvalue weighted by Crippen LogP contribution is -2.25. The van der Waals surface area contributed by atoms with Crippen molar-refractivity contribution < 1.29 is 19.1 Å². The van der Waals surface area contributed by atoms with E-state index in [1.54, 1.807) is 6.08 Å². The fourth-order valence-corrected chi connectivity index (χ4v) is 1.93. The maximum Gasteiger partial charge on any atom is 0.320 e. The maximum atomic E-state index is 11.5. The molecule has 0 bridgehead atoms. The summed E-state index contributed by atoms with van der Waals surface area (Å²) >= 11 is 3.41. The van der Waals surface area contributed by atoms with Crippen molar-refractivity contribution in [2.45, 2.75) is 6.42 Å². The number of allylic oxidation sites excluding steroid dienone is 1. The molecular weight excluding hydrogens is 312 g/mol. The summed E-state index contributed by atoms with van der Waals surface area (Å²) < 4.78 is 10.1. The second-order valence-electron chi connectivity index (χ2n) is 3.76. The van der Waals surface area contributed by atoms with Gasteiger partial charge in [-0.3, -0.25) is 9.59 Å². The van der Waals surface area contributed by atoms with E-state index >= 15 is 0 Å². The van der Waals surface area contributed by atoms with Crippen LogP contribution in [0.5, 0.6) is 0 Å². The molecule has 1 aromatic rings. The Morgan fingerprint density at radius 3 is 2.32 bits per heavy atom. The lowest BCUT2D eigenvalue weighted by atomic mass is 10.0. The van der Waals surface area contributed by atoms with E-state index in [-0.39, 0.29) is 6.42 Å². The van der Waals surface area contributed by atoms with Crippen molar-refractivity contribution in [1.82, 2.24) is 0 Å². The van der Waals surface area contributed by atoms with Gasteiger partial charge in [0.25, 0.3) is 0 Å². The van der Waals surface area contributed by atoms with Crippen LogP contribution in [0.1, 0.15) is 12.0 Å². The summed E-state index contributed by atoms with van der Waals surface area (Å²) in [5.74, 6) is -2.11. The van der Waals surface area contributed by atoms with Crippen LogP contribution in [0.15, 0.2) is 34.8 Å². The molecule has 0 amide bonds. The van der Waals surface area contributed by atoms with Crippen LogP contribution in [-0.4, -0.2) is 26.2 Å². The van der Waals surface area contributed by atoms with Crippen LogP contribution in [0.25, 0.3) is 6.08 Å². The van der Waals surface area contributed by atoms with Crippen LogP contribution in [0.4, 0.5) is 0 Å². The zero-order valence-electron chi connectivity index (χ0n) is 10.8. The number of carbonyl (C=O) groups excluding carboxylic acids is 2. The van der Waals surface area contributed by atoms with E-state index in [9.17, 15) is 9.59 Å². The minimum atomic E-state index is -0.922. The fourth-order valence-electron chi connectivity index (χ4n) is 1.51. The fraction of sp³-hybridized carbons (Fsp3) is 0.286. The lowest BCUT2D eigenvalue weighted by Gasteiger charge is -2.09. The Morgan fingerprint density at radius 2 is 1.79 bits per heavy atom. The van der Waals surface area contributed by atoms with Crippen molar-refractivity contribution in [3.63, 3.8) is 0 Å². The number of esters is 2. The van der Waals surface area contributed by atoms with Gasteiger partial charge in [0.2, 0.25) is 0 Å². The van der Waals surface area contributed by atoms with Crippen molar-refractivity contribution in [3.05, 3.63) is 40.4 Å². The van der Waals surface area contributed by atoms with Crippen LogP contribution >= 0.6 is 15.9 Å². The Labute approximate surface area is 120 Å². The number of methoxy groups -OCH3 is 2. The first-order chi connectivity index (χ1) is 9.10. The zero-order valence-corrected chi connectivity index (χ0v) is 12.3. The summed E-state index contributed by atoms with van der Waals surface area (Å²) in [4.78, 5) is 22.9. The van der Waals surface area contributed by atoms with Crippen LogP contribution in [0, 0.1) is 5.92 Å². The summed E-state index contributed by atoms with van der Waals surface area (Å²) in [7, 11) is 2.49. The second kappa shape index (κ2) is 7.74. The van der Waals surface area contributed by atoms with Crippen molar-refractivity contribution in [3.8, 4) is 0 Å². The molecule has 0 heterocycles. The number of hydrogen-bond acceptors (Lipinski definition) is 4. The van der Waals surface area contributed by atoms with E-state index in [1.165, 1.54) is 14.2 Å². The third kappa shape index (κ3) is 4.52. The van der Waals surface area contributed by atoms with E-state index in [4.69, 9.17) is 0 Å². The number of halogens is 1. The van der Waals surface area contributed by atoms with Crippen LogP contribution in [-0.2, 0) is 19.1 Å². The van der Waals surface area contributed by atoms with Crippen molar-refractivity contribution in [1.29, 1.82) is 0 Å². The molecule has 1 aromatic carbocycles. The smallest absolute Gasteiger partial charge is 0.320 e. The average Bonchev–Trinajstić information content (AvgIpc) is 2.44. The molecule has 0 spiro atoms. The molecule has 0 radical (unpaired) electrons. The second-order valence-corrected chi connectivity index (χ2v) is 4.61. The van der Waals surface area contributed by atoms with Gasteiger partial charge in [-0.25, -0.2) is 0 Å². The summed E-state index contributed by atoms with van der Waals surface area (Å²) in [5, 5.41) is 0. The van der Waals surface area contributed by atoms with Gasteiger partial charge >= 0.3 is 11.9 Å². The molecule has 102 valence electrons. The van der Waals surface area contributed by atoms with Gasteiger partial charge in [-0.15, -0.1) is 0 Å². The molecule has 0 fully saturated rings. The van der Waals surface area contributed by atoms with Crippen LogP contribution in [0.3, 0.4) is 0 Å². The molecular formula is C14H15BrO4. The number of hydrogen-bond donors (Lipinski definition) is 0. The molecule has 0 saturated heterocycles. The SMILES string of the molecule is COC(=O)C(CC=Cc1ccccc1Br)C(=O)OC. The highest BCUT2D eigenvalue weighted by Gasteiger charge is 2.27. The average molecular weight is 327 g/mol. The van der Waals surface area contributed by atoms with Gasteiger partial charge in [-0.2, -0.15) is 0 Å². The van der Waals surface area contributed by atoms with Gasteiger partial charge in [-0.1, -0.05) is 46.3 Å². The minimum absolute atomic E-state index is 0.237. The Kier molecular flexibility index (Phi) is 6.29. The van der Waals surface area contributed by atoms with E-state index in [0.717, 1.165) is 10.0 Å². The van der Waals surface area contributed by atoms with Gasteiger partial charge in [-0.05, 0) is 18.1 Å². The van der Waals surface area contributed by atoms with E-state index in [1.807, 2.05) is 30.3 Å². The number of ether oxygens (including phenoxy) is 2. The van der Waals surface area contributed by atoms with Gasteiger partial charge in [0.05, 0.1) is 14.2 Å². The summed E-state index contributed by atoms with van der Waals surface area (Å²) in [5.41, 5.74) is 0.969. The van der Waals surface area contributed by atoms with E-state index in [2.05, 4.69) is 25.4 Å². The van der Waals surface area contributed by atoms with Crippen molar-refractivity contribution in [2.75, 3.05) is 14.2 Å². The number of rotatable bonds is 5. The molecule has 0 aliphatic heterocycles. The summed E-state index contributed by atoms with van der Waals surface area (Å²) in [6.45, 7) is 0. The van der Waals surface area contributed by atoms with Gasteiger partial charge in [0.1, 0.15) is 0 Å². The predicted molar refractivity (Wildman–Crippen MR) is 75.3 cm³/mol. The summed E-state index contributed by atoms with van der Waals surface area (Å²) in [6, 6.07) is 7.65. The minimum Gasteiger partial charge on any atom is -0.468 e. The zero-order chi connectivity index (χ0) is 14.3. The molecule has 0 N–H and O–H groups in total. The number of benzene rings is 1. The third-order valence-electron chi connectivity index (χ3n) is 2.55. The molecule has 5 heteroatoms. The first-order valence-corrected chi connectivity index (χ1v) is 6.46. The Morgan fingerprint density at radius 1 is 1.21 bits per heavy atom. The molecule has 0 atom stereocenters. The van der Waals surface area contributed by atoms with Crippen molar-refractivity contribution in [2.24, 2.45) is 5.92 Å². The molecule has 1 rings (SSSR count). The molecule has 0 aliphatic carbocycles. The predicted octanol–water partition coefficient (Wildman–Crippen LogP) is 2.81. The quantitative estimate of drug-likeness (QED) is 0.616. The van der Waals surface area contributed by atoms with E-state index < -0.39 is 17.9 Å². The third-order valence-corrected chi connectivity index (χ3v) is 3.27. The van der Waals surface area contributed by atoms with Gasteiger partial charge in [0.15, 0.2) is 5.92 Å². The molecule has 4 nitrogen and oxygen atoms in total. The standard InChI is InChI=1S/C14H15BrO4/c1-18-13(16)11(14(17)19-2)8-5-7-10-6-3-4-9-12(10)15/h3-7,9,11H,8H2,1-2H3. The Balaban J connectivity index is 2.74. The summed E-state index contributed by atoms with van der Waals surface area (Å²) in [6.07, 6.45) is 3.82. The first-order valence-electron chi connectivity index (χ1n) is 5.67. The topological polar surface area (TPSA) is 52.6 Å². The van der Waals surface area contributed by atoms with Crippen LogP contribution in [0.2, 0.25) is 0 Å². The Hall–Kier alpha value is -1.62. The highest BCUT2D eigenvalue weighted by atomic mass is 79.9. The van der Waals surface area contributed by atoms with Gasteiger partial charge < -0.3 is 9.47 Å². The highest BCUT2D eigenvalue weighted by Crippen LogP contribution is 2.18. The molecule has 0 unspecified atom stereocenters. The first kappa shape index (κ1) is 15.4. The molecule has 0 aromatic heterocycles. The molecule has 0 saturated carbocycles. The molecule has 19 heavy (non-hydrogen) atoms. The van der Waals surface area contributed by atoms with Gasteiger partial charge in [0, 0.05) is 4.47 Å². The number of carbonyl (C=O) groups is 2. The molecule has 0 aliphatic rings. The van der Waals surface area contributed by atoms with Crippen molar-refractivity contribution >= 4 is 33.9 Å². The highest BCUT2D eigenvalue weighted by molar-refractivity contribution is 9.10. The van der Waals surface area contributed by atoms with E-state index in [0.29, 0.717) is 0 Å². The normalized spacial score (nSPS) is 10.7.